The molecule has 1 aromatic carbocycles. The molecule has 0 saturated carbocycles. The molecule has 1 heterocycles. The summed E-state index contributed by atoms with van der Waals surface area (Å²) < 4.78 is 26.1. The molecule has 1 aliphatic rings. The van der Waals surface area contributed by atoms with E-state index in [1.165, 1.54) is 5.56 Å². The van der Waals surface area contributed by atoms with Gasteiger partial charge in [-0.1, -0.05) is 49.5 Å². The first kappa shape index (κ1) is 14.7. The van der Waals surface area contributed by atoms with Gasteiger partial charge < -0.3 is 0 Å². The van der Waals surface area contributed by atoms with Crippen LogP contribution in [0.2, 0.25) is 25.7 Å². The lowest BCUT2D eigenvalue weighted by atomic mass is 10.1. The van der Waals surface area contributed by atoms with Gasteiger partial charge in [-0.05, 0) is 18.5 Å². The SMILES string of the molecule is Cc1ccc(C2CN2S(=O)(=O)CC[Si](C)(C)C)cc1. The summed E-state index contributed by atoms with van der Waals surface area (Å²) >= 11 is 0. The highest BCUT2D eigenvalue weighted by Crippen LogP contribution is 2.38. The fourth-order valence-electron chi connectivity index (χ4n) is 2.04. The quantitative estimate of drug-likeness (QED) is 0.619. The van der Waals surface area contributed by atoms with Gasteiger partial charge in [0.1, 0.15) is 0 Å². The van der Waals surface area contributed by atoms with Crippen molar-refractivity contribution in [2.24, 2.45) is 0 Å². The predicted octanol–water partition coefficient (Wildman–Crippen LogP) is 3.02. The van der Waals surface area contributed by atoms with Crippen molar-refractivity contribution in [1.82, 2.24) is 4.31 Å². The van der Waals surface area contributed by atoms with Crippen molar-refractivity contribution in [3.05, 3.63) is 35.4 Å². The Hall–Kier alpha value is -0.653. The zero-order valence-corrected chi connectivity index (χ0v) is 14.0. The average Bonchev–Trinajstić information content (AvgIpc) is 3.07. The normalized spacial score (nSPS) is 23.4. The first-order chi connectivity index (χ1) is 8.69. The summed E-state index contributed by atoms with van der Waals surface area (Å²) in [6, 6.07) is 9.07. The number of hydrogen-bond donors (Lipinski definition) is 0. The topological polar surface area (TPSA) is 37.1 Å². The van der Waals surface area contributed by atoms with Crippen molar-refractivity contribution in [1.29, 1.82) is 0 Å². The Kier molecular flexibility index (Phi) is 3.91. The number of rotatable bonds is 5. The van der Waals surface area contributed by atoms with Gasteiger partial charge in [0.15, 0.2) is 0 Å². The molecule has 1 fully saturated rings. The van der Waals surface area contributed by atoms with E-state index in [1.54, 1.807) is 4.31 Å². The van der Waals surface area contributed by atoms with Gasteiger partial charge in [-0.2, -0.15) is 4.31 Å². The molecule has 1 aromatic rings. The van der Waals surface area contributed by atoms with E-state index in [0.717, 1.165) is 11.6 Å². The molecule has 1 saturated heterocycles. The molecule has 0 amide bonds. The van der Waals surface area contributed by atoms with Crippen LogP contribution in [0.15, 0.2) is 24.3 Å². The van der Waals surface area contributed by atoms with Crippen LogP contribution in [0.3, 0.4) is 0 Å². The van der Waals surface area contributed by atoms with Crippen molar-refractivity contribution >= 4 is 18.1 Å². The van der Waals surface area contributed by atoms with Gasteiger partial charge in [0.2, 0.25) is 10.0 Å². The van der Waals surface area contributed by atoms with E-state index < -0.39 is 18.1 Å². The van der Waals surface area contributed by atoms with E-state index >= 15 is 0 Å². The highest BCUT2D eigenvalue weighted by molar-refractivity contribution is 7.89. The van der Waals surface area contributed by atoms with Crippen LogP contribution in [0, 0.1) is 6.92 Å². The van der Waals surface area contributed by atoms with Crippen LogP contribution in [-0.4, -0.2) is 33.1 Å². The fourth-order valence-corrected chi connectivity index (χ4v) is 6.64. The average molecular weight is 297 g/mol. The Labute approximate surface area is 117 Å². The van der Waals surface area contributed by atoms with Crippen LogP contribution in [0.1, 0.15) is 17.2 Å². The Morgan fingerprint density at radius 1 is 1.21 bits per heavy atom. The standard InChI is InChI=1S/C14H23NO2SSi/c1-12-5-7-13(8-6-12)14-11-15(14)18(16,17)9-10-19(2,3)4/h5-8,14H,9-11H2,1-4H3. The fraction of sp³-hybridized carbons (Fsp3) is 0.571. The number of benzene rings is 1. The van der Waals surface area contributed by atoms with Crippen molar-refractivity contribution in [3.63, 3.8) is 0 Å². The summed E-state index contributed by atoms with van der Waals surface area (Å²) in [6.45, 7) is 9.32. The molecular formula is C14H23NO2SSi. The Morgan fingerprint density at radius 3 is 2.32 bits per heavy atom. The van der Waals surface area contributed by atoms with Gasteiger partial charge in [-0.15, -0.1) is 0 Å². The number of nitrogens with zero attached hydrogens (tertiary/aromatic N) is 1. The summed E-state index contributed by atoms with van der Waals surface area (Å²) in [4.78, 5) is 0. The molecule has 0 bridgehead atoms. The van der Waals surface area contributed by atoms with Gasteiger partial charge in [0.05, 0.1) is 11.8 Å². The molecule has 19 heavy (non-hydrogen) atoms. The molecule has 0 spiro atoms. The summed E-state index contributed by atoms with van der Waals surface area (Å²) in [5.41, 5.74) is 2.32. The summed E-state index contributed by atoms with van der Waals surface area (Å²) in [5.74, 6) is 0.311. The summed E-state index contributed by atoms with van der Waals surface area (Å²) in [7, 11) is -4.36. The predicted molar refractivity (Wildman–Crippen MR) is 82.6 cm³/mol. The van der Waals surface area contributed by atoms with Crippen molar-refractivity contribution in [3.8, 4) is 0 Å². The Balaban J connectivity index is 2.00. The molecule has 0 aliphatic carbocycles. The van der Waals surface area contributed by atoms with Gasteiger partial charge in [0.25, 0.3) is 0 Å². The number of hydrogen-bond acceptors (Lipinski definition) is 2. The zero-order chi connectivity index (χ0) is 14.3. The van der Waals surface area contributed by atoms with Gasteiger partial charge >= 0.3 is 0 Å². The van der Waals surface area contributed by atoms with E-state index in [-0.39, 0.29) is 6.04 Å². The second kappa shape index (κ2) is 5.03. The van der Waals surface area contributed by atoms with E-state index in [9.17, 15) is 8.42 Å². The lowest BCUT2D eigenvalue weighted by molar-refractivity contribution is 0.555. The van der Waals surface area contributed by atoms with Gasteiger partial charge in [-0.3, -0.25) is 0 Å². The Morgan fingerprint density at radius 2 is 1.79 bits per heavy atom. The molecule has 2 rings (SSSR count). The minimum Gasteiger partial charge on any atom is -0.212 e. The molecule has 5 heteroatoms. The lowest BCUT2D eigenvalue weighted by Crippen LogP contribution is -2.26. The zero-order valence-electron chi connectivity index (χ0n) is 12.2. The number of sulfonamides is 1. The van der Waals surface area contributed by atoms with Crippen molar-refractivity contribution in [2.75, 3.05) is 12.3 Å². The first-order valence-electron chi connectivity index (χ1n) is 6.75. The van der Waals surface area contributed by atoms with E-state index in [2.05, 4.69) is 19.6 Å². The highest BCUT2D eigenvalue weighted by Gasteiger charge is 2.44. The van der Waals surface area contributed by atoms with E-state index in [1.807, 2.05) is 31.2 Å². The molecule has 0 aromatic heterocycles. The first-order valence-corrected chi connectivity index (χ1v) is 12.1. The van der Waals surface area contributed by atoms with Crippen LogP contribution in [0.25, 0.3) is 0 Å². The highest BCUT2D eigenvalue weighted by atomic mass is 32.2. The molecule has 0 radical (unpaired) electrons. The summed E-state index contributed by atoms with van der Waals surface area (Å²) in [6.07, 6.45) is 0. The lowest BCUT2D eigenvalue weighted by Gasteiger charge is -2.15. The molecular weight excluding hydrogens is 274 g/mol. The van der Waals surface area contributed by atoms with Crippen molar-refractivity contribution in [2.45, 2.75) is 38.7 Å². The third-order valence-corrected chi connectivity index (χ3v) is 7.45. The maximum atomic E-state index is 12.2. The molecule has 2 unspecified atom stereocenters. The minimum atomic E-state index is -3.06. The van der Waals surface area contributed by atoms with Crippen LogP contribution < -0.4 is 0 Å². The van der Waals surface area contributed by atoms with Crippen LogP contribution in [-0.2, 0) is 10.0 Å². The van der Waals surface area contributed by atoms with Crippen LogP contribution in [0.4, 0.5) is 0 Å². The maximum Gasteiger partial charge on any atom is 0.214 e. The molecule has 1 aliphatic heterocycles. The second-order valence-corrected chi connectivity index (χ2v) is 14.3. The van der Waals surface area contributed by atoms with E-state index in [0.29, 0.717) is 12.3 Å². The number of aryl methyl sites for hydroxylation is 1. The third kappa shape index (κ3) is 3.90. The molecule has 2 atom stereocenters. The maximum absolute atomic E-state index is 12.2. The van der Waals surface area contributed by atoms with Gasteiger partial charge in [0, 0.05) is 14.6 Å². The molecule has 3 nitrogen and oxygen atoms in total. The van der Waals surface area contributed by atoms with E-state index in [4.69, 9.17) is 0 Å². The minimum absolute atomic E-state index is 0.0761. The smallest absolute Gasteiger partial charge is 0.212 e. The Bertz CT molecular complexity index is 546. The summed E-state index contributed by atoms with van der Waals surface area (Å²) in [5, 5.41) is 0. The molecule has 0 N–H and O–H groups in total. The largest absolute Gasteiger partial charge is 0.214 e. The molecule has 106 valence electrons. The monoisotopic (exact) mass is 297 g/mol. The van der Waals surface area contributed by atoms with Crippen molar-refractivity contribution < 1.29 is 8.42 Å². The third-order valence-electron chi connectivity index (χ3n) is 3.50. The van der Waals surface area contributed by atoms with Crippen LogP contribution >= 0.6 is 0 Å². The van der Waals surface area contributed by atoms with Gasteiger partial charge in [-0.25, -0.2) is 8.42 Å². The second-order valence-electron chi connectivity index (χ2n) is 6.62. The van der Waals surface area contributed by atoms with Crippen LogP contribution in [0.5, 0.6) is 0 Å².